The molecule has 2 aromatic heterocycles. The van der Waals surface area contributed by atoms with E-state index in [0.29, 0.717) is 18.3 Å². The number of rotatable bonds is 3. The third-order valence-corrected chi connectivity index (χ3v) is 4.26. The van der Waals surface area contributed by atoms with Crippen LogP contribution in [-0.2, 0) is 13.0 Å². The van der Waals surface area contributed by atoms with Gasteiger partial charge in [0.05, 0.1) is 0 Å². The van der Waals surface area contributed by atoms with Crippen LogP contribution < -0.4 is 5.32 Å². The van der Waals surface area contributed by atoms with Gasteiger partial charge in [-0.25, -0.2) is 4.98 Å². The van der Waals surface area contributed by atoms with Gasteiger partial charge < -0.3 is 9.88 Å². The average Bonchev–Trinajstić information content (AvgIpc) is 2.81. The van der Waals surface area contributed by atoms with Gasteiger partial charge in [0.25, 0.3) is 0 Å². The Morgan fingerprint density at radius 1 is 1.43 bits per heavy atom. The van der Waals surface area contributed by atoms with Crippen molar-refractivity contribution in [3.05, 3.63) is 53.1 Å². The molecule has 0 radical (unpaired) electrons. The Bertz CT molecular complexity index is 666. The lowest BCUT2D eigenvalue weighted by Gasteiger charge is -2.13. The lowest BCUT2D eigenvalue weighted by Crippen LogP contribution is -2.15. The smallest absolute Gasteiger partial charge is 0.145 e. The van der Waals surface area contributed by atoms with E-state index in [2.05, 4.69) is 33.3 Å². The fraction of sp³-hybridized carbons (Fsp3) is 0.412. The van der Waals surface area contributed by atoms with Crippen LogP contribution in [0.25, 0.3) is 0 Å². The summed E-state index contributed by atoms with van der Waals surface area (Å²) in [6, 6.07) is 6.49. The molecule has 1 aliphatic rings. The Morgan fingerprint density at radius 3 is 3.14 bits per heavy atom. The molecule has 108 valence electrons. The number of hydrogen-bond acceptors (Lipinski definition) is 3. The van der Waals surface area contributed by atoms with E-state index in [1.165, 1.54) is 30.4 Å². The van der Waals surface area contributed by atoms with Gasteiger partial charge in [0.1, 0.15) is 11.8 Å². The van der Waals surface area contributed by atoms with Crippen LogP contribution in [0.5, 0.6) is 0 Å². The number of nitriles is 1. The van der Waals surface area contributed by atoms with Crippen LogP contribution in [0.2, 0.25) is 0 Å². The van der Waals surface area contributed by atoms with Gasteiger partial charge in [0.15, 0.2) is 0 Å². The minimum Gasteiger partial charge on any atom is -0.349 e. The zero-order valence-corrected chi connectivity index (χ0v) is 12.3. The second-order valence-electron chi connectivity index (χ2n) is 5.62. The van der Waals surface area contributed by atoms with Gasteiger partial charge in [0.2, 0.25) is 0 Å². The first kappa shape index (κ1) is 13.8. The van der Waals surface area contributed by atoms with E-state index < -0.39 is 0 Å². The molecule has 0 fully saturated rings. The molecular formula is C17H20N4. The van der Waals surface area contributed by atoms with Crippen molar-refractivity contribution in [2.75, 3.05) is 7.05 Å². The summed E-state index contributed by atoms with van der Waals surface area (Å²) in [4.78, 5) is 4.13. The third-order valence-electron chi connectivity index (χ3n) is 4.26. The number of aromatic nitrogens is 2. The Morgan fingerprint density at radius 2 is 2.33 bits per heavy atom. The number of hydrogen-bond donors (Lipinski definition) is 1. The Kier molecular flexibility index (Phi) is 4.03. The highest BCUT2D eigenvalue weighted by Crippen LogP contribution is 2.29. The molecule has 0 spiro atoms. The summed E-state index contributed by atoms with van der Waals surface area (Å²) in [5, 5.41) is 12.6. The monoisotopic (exact) mass is 280 g/mol. The molecule has 1 aliphatic carbocycles. The molecule has 4 nitrogen and oxygen atoms in total. The Labute approximate surface area is 125 Å². The molecular weight excluding hydrogens is 260 g/mol. The summed E-state index contributed by atoms with van der Waals surface area (Å²) in [6.07, 6.45) is 11.0. The molecule has 1 atom stereocenters. The minimum atomic E-state index is 0.452. The molecule has 1 unspecified atom stereocenters. The van der Waals surface area contributed by atoms with Crippen molar-refractivity contribution in [1.82, 2.24) is 14.9 Å². The third kappa shape index (κ3) is 2.84. The largest absolute Gasteiger partial charge is 0.349 e. The van der Waals surface area contributed by atoms with E-state index >= 15 is 0 Å². The minimum absolute atomic E-state index is 0.452. The number of nitrogens with one attached hydrogen (secondary N) is 1. The van der Waals surface area contributed by atoms with Gasteiger partial charge in [-0.2, -0.15) is 5.26 Å². The van der Waals surface area contributed by atoms with E-state index in [1.807, 2.05) is 19.2 Å². The number of pyridine rings is 1. The molecule has 2 aromatic rings. The highest BCUT2D eigenvalue weighted by molar-refractivity contribution is 5.33. The van der Waals surface area contributed by atoms with Crippen molar-refractivity contribution in [2.45, 2.75) is 38.3 Å². The summed E-state index contributed by atoms with van der Waals surface area (Å²) < 4.78 is 2.19. The first-order chi connectivity index (χ1) is 10.3. The molecule has 2 heterocycles. The molecule has 0 amide bonds. The van der Waals surface area contributed by atoms with Crippen molar-refractivity contribution < 1.29 is 0 Å². The van der Waals surface area contributed by atoms with Crippen LogP contribution in [0, 0.1) is 11.3 Å². The number of fused-ring (bicyclic) bond motifs is 1. The predicted molar refractivity (Wildman–Crippen MR) is 81.8 cm³/mol. The number of aryl methyl sites for hydroxylation is 1. The zero-order valence-electron chi connectivity index (χ0n) is 12.3. The van der Waals surface area contributed by atoms with Gasteiger partial charge in [-0.15, -0.1) is 0 Å². The summed E-state index contributed by atoms with van der Waals surface area (Å²) in [5.41, 5.74) is 4.35. The van der Waals surface area contributed by atoms with E-state index in [-0.39, 0.29) is 0 Å². The molecule has 1 N–H and O–H groups in total. The average molecular weight is 280 g/mol. The van der Waals surface area contributed by atoms with Gasteiger partial charge in [-0.3, -0.25) is 0 Å². The summed E-state index contributed by atoms with van der Waals surface area (Å²) in [6.45, 7) is 0.708. The second kappa shape index (κ2) is 6.11. The maximum atomic E-state index is 9.14. The molecule has 21 heavy (non-hydrogen) atoms. The van der Waals surface area contributed by atoms with Gasteiger partial charge in [-0.05, 0) is 43.5 Å². The van der Waals surface area contributed by atoms with Crippen molar-refractivity contribution >= 4 is 0 Å². The second-order valence-corrected chi connectivity index (χ2v) is 5.62. The highest BCUT2D eigenvalue weighted by Gasteiger charge is 2.19. The Hall–Kier alpha value is -2.12. The van der Waals surface area contributed by atoms with Crippen molar-refractivity contribution in [1.29, 1.82) is 5.26 Å². The lowest BCUT2D eigenvalue weighted by atomic mass is 10.1. The van der Waals surface area contributed by atoms with Crippen LogP contribution in [0.1, 0.15) is 47.7 Å². The maximum absolute atomic E-state index is 9.14. The molecule has 0 aliphatic heterocycles. The van der Waals surface area contributed by atoms with E-state index in [4.69, 9.17) is 5.26 Å². The molecule has 0 aromatic carbocycles. The maximum Gasteiger partial charge on any atom is 0.145 e. The quantitative estimate of drug-likeness (QED) is 0.880. The van der Waals surface area contributed by atoms with E-state index in [1.54, 1.807) is 6.20 Å². The fourth-order valence-corrected chi connectivity index (χ4v) is 3.17. The first-order valence-corrected chi connectivity index (χ1v) is 7.51. The lowest BCUT2D eigenvalue weighted by molar-refractivity contribution is 0.531. The van der Waals surface area contributed by atoms with Crippen LogP contribution in [0.4, 0.5) is 0 Å². The number of nitrogens with zero attached hydrogens (tertiary/aromatic N) is 3. The molecule has 4 heteroatoms. The SMILES string of the molecule is CNC1CCCCc2cn(Cc3cccnc3C#N)cc21. The van der Waals surface area contributed by atoms with Crippen LogP contribution in [0.3, 0.4) is 0 Å². The fourth-order valence-electron chi connectivity index (χ4n) is 3.17. The van der Waals surface area contributed by atoms with E-state index in [9.17, 15) is 0 Å². The molecule has 3 rings (SSSR count). The van der Waals surface area contributed by atoms with Crippen LogP contribution in [0.15, 0.2) is 30.7 Å². The zero-order chi connectivity index (χ0) is 14.7. The molecule has 0 bridgehead atoms. The van der Waals surface area contributed by atoms with Gasteiger partial charge in [-0.1, -0.05) is 12.5 Å². The highest BCUT2D eigenvalue weighted by atomic mass is 15.0. The summed E-state index contributed by atoms with van der Waals surface area (Å²) in [5.74, 6) is 0. The molecule has 0 saturated carbocycles. The van der Waals surface area contributed by atoms with Crippen LogP contribution >= 0.6 is 0 Å². The predicted octanol–water partition coefficient (Wildman–Crippen LogP) is 2.79. The normalized spacial score (nSPS) is 17.8. The molecule has 0 saturated heterocycles. The first-order valence-electron chi connectivity index (χ1n) is 7.51. The van der Waals surface area contributed by atoms with Gasteiger partial charge >= 0.3 is 0 Å². The topological polar surface area (TPSA) is 53.6 Å². The van der Waals surface area contributed by atoms with Crippen molar-refractivity contribution in [3.8, 4) is 6.07 Å². The Balaban J connectivity index is 1.89. The standard InChI is InChI=1S/C17H20N4/c1-19-16-7-3-2-5-13-10-21(12-15(13)16)11-14-6-4-8-20-17(14)9-18/h4,6,8,10,12,16,19H,2-3,5,7,11H2,1H3. The summed E-state index contributed by atoms with van der Waals surface area (Å²) in [7, 11) is 2.03. The van der Waals surface area contributed by atoms with Crippen molar-refractivity contribution in [3.63, 3.8) is 0 Å². The summed E-state index contributed by atoms with van der Waals surface area (Å²) >= 11 is 0. The van der Waals surface area contributed by atoms with Gasteiger partial charge in [0, 0.05) is 36.7 Å². The van der Waals surface area contributed by atoms with E-state index in [0.717, 1.165) is 12.0 Å². The van der Waals surface area contributed by atoms with Crippen molar-refractivity contribution in [2.24, 2.45) is 0 Å². The van der Waals surface area contributed by atoms with Crippen LogP contribution in [-0.4, -0.2) is 16.6 Å².